The van der Waals surface area contributed by atoms with Crippen LogP contribution >= 0.6 is 0 Å². The van der Waals surface area contributed by atoms with Gasteiger partial charge in [-0.1, -0.05) is 11.6 Å². The first-order valence-corrected chi connectivity index (χ1v) is 5.29. The second-order valence-electron chi connectivity index (χ2n) is 4.29. The Hall–Kier alpha value is -1.39. The van der Waals surface area contributed by atoms with E-state index in [-0.39, 0.29) is 11.7 Å². The van der Waals surface area contributed by atoms with Crippen LogP contribution in [0.1, 0.15) is 61.3 Å². The number of carbonyl (C=O) groups is 1. The average molecular weight is 209 g/mol. The lowest BCUT2D eigenvalue weighted by molar-refractivity contribution is 0.0678. The smallest absolute Gasteiger partial charge is 0.356 e. The Morgan fingerprint density at radius 1 is 1.53 bits per heavy atom. The molecule has 0 atom stereocenters. The monoisotopic (exact) mass is 209 g/mol. The second kappa shape index (κ2) is 3.64. The molecule has 1 fully saturated rings. The summed E-state index contributed by atoms with van der Waals surface area (Å²) in [7, 11) is 0. The maximum atomic E-state index is 11.2. The third kappa shape index (κ3) is 1.62. The standard InChI is InChI=1S/C10H15N3O2/c1-6(2)13-9(10(14)15)8(11-12-13)7-4-3-5-7/h6-7H,3-5H2,1-2H3,(H,14,15). The van der Waals surface area contributed by atoms with E-state index < -0.39 is 5.97 Å². The molecule has 0 unspecified atom stereocenters. The largest absolute Gasteiger partial charge is 0.476 e. The SMILES string of the molecule is CC(C)n1nnc(C2CCC2)c1C(=O)O. The van der Waals surface area contributed by atoms with Crippen molar-refractivity contribution in [3.63, 3.8) is 0 Å². The predicted molar refractivity (Wildman–Crippen MR) is 54.0 cm³/mol. The topological polar surface area (TPSA) is 68.0 Å². The van der Waals surface area contributed by atoms with Crippen LogP contribution in [0.3, 0.4) is 0 Å². The van der Waals surface area contributed by atoms with Gasteiger partial charge in [-0.25, -0.2) is 9.48 Å². The molecular weight excluding hydrogens is 194 g/mol. The summed E-state index contributed by atoms with van der Waals surface area (Å²) in [4.78, 5) is 11.2. The quantitative estimate of drug-likeness (QED) is 0.824. The molecule has 0 spiro atoms. The lowest BCUT2D eigenvalue weighted by Crippen LogP contribution is -2.17. The summed E-state index contributed by atoms with van der Waals surface area (Å²) in [6.45, 7) is 3.82. The Balaban J connectivity index is 2.41. The van der Waals surface area contributed by atoms with Gasteiger partial charge < -0.3 is 5.11 Å². The van der Waals surface area contributed by atoms with Gasteiger partial charge in [0.15, 0.2) is 5.69 Å². The van der Waals surface area contributed by atoms with Gasteiger partial charge in [-0.2, -0.15) is 0 Å². The summed E-state index contributed by atoms with van der Waals surface area (Å²) < 4.78 is 1.50. The fourth-order valence-corrected chi connectivity index (χ4v) is 1.83. The highest BCUT2D eigenvalue weighted by Gasteiger charge is 2.30. The Kier molecular flexibility index (Phi) is 2.46. The average Bonchev–Trinajstić information content (AvgIpc) is 2.45. The molecule has 1 heterocycles. The third-order valence-corrected chi connectivity index (χ3v) is 2.90. The number of carboxylic acids is 1. The molecule has 0 amide bonds. The van der Waals surface area contributed by atoms with Crippen LogP contribution in [-0.4, -0.2) is 26.1 Å². The highest BCUT2D eigenvalue weighted by molar-refractivity contribution is 5.87. The van der Waals surface area contributed by atoms with Crippen molar-refractivity contribution >= 4 is 5.97 Å². The Morgan fingerprint density at radius 2 is 2.20 bits per heavy atom. The van der Waals surface area contributed by atoms with E-state index >= 15 is 0 Å². The molecule has 1 aromatic heterocycles. The van der Waals surface area contributed by atoms with E-state index in [0.717, 1.165) is 19.3 Å². The summed E-state index contributed by atoms with van der Waals surface area (Å²) in [5.74, 6) is -0.612. The van der Waals surface area contributed by atoms with E-state index in [2.05, 4.69) is 10.3 Å². The summed E-state index contributed by atoms with van der Waals surface area (Å²) >= 11 is 0. The lowest BCUT2D eigenvalue weighted by Gasteiger charge is -2.23. The summed E-state index contributed by atoms with van der Waals surface area (Å²) in [6.07, 6.45) is 3.24. The number of nitrogens with zero attached hydrogens (tertiary/aromatic N) is 3. The minimum Gasteiger partial charge on any atom is -0.476 e. The third-order valence-electron chi connectivity index (χ3n) is 2.90. The number of hydrogen-bond donors (Lipinski definition) is 1. The van der Waals surface area contributed by atoms with Gasteiger partial charge in [-0.3, -0.25) is 0 Å². The molecule has 15 heavy (non-hydrogen) atoms. The fraction of sp³-hybridized carbons (Fsp3) is 0.700. The maximum absolute atomic E-state index is 11.2. The van der Waals surface area contributed by atoms with Gasteiger partial charge >= 0.3 is 5.97 Å². The molecule has 0 bridgehead atoms. The molecule has 1 aliphatic rings. The summed E-state index contributed by atoms with van der Waals surface area (Å²) in [6, 6.07) is 0.0393. The van der Waals surface area contributed by atoms with Gasteiger partial charge in [0, 0.05) is 12.0 Å². The molecule has 0 aliphatic heterocycles. The van der Waals surface area contributed by atoms with E-state index in [1.807, 2.05) is 13.8 Å². The van der Waals surface area contributed by atoms with E-state index in [1.165, 1.54) is 4.68 Å². The van der Waals surface area contributed by atoms with Crippen LogP contribution in [0.15, 0.2) is 0 Å². The first kappa shape index (κ1) is 10.1. The van der Waals surface area contributed by atoms with E-state index in [9.17, 15) is 4.79 Å². The van der Waals surface area contributed by atoms with E-state index in [4.69, 9.17) is 5.11 Å². The number of aromatic nitrogens is 3. The van der Waals surface area contributed by atoms with Crippen molar-refractivity contribution in [2.75, 3.05) is 0 Å². The molecule has 1 N–H and O–H groups in total. The highest BCUT2D eigenvalue weighted by Crippen LogP contribution is 2.37. The lowest BCUT2D eigenvalue weighted by atomic mass is 9.82. The predicted octanol–water partition coefficient (Wildman–Crippen LogP) is 1.82. The molecule has 5 nitrogen and oxygen atoms in total. The van der Waals surface area contributed by atoms with Gasteiger partial charge in [-0.05, 0) is 26.7 Å². The number of rotatable bonds is 3. The first-order valence-electron chi connectivity index (χ1n) is 5.29. The van der Waals surface area contributed by atoms with Crippen LogP contribution < -0.4 is 0 Å². The van der Waals surface area contributed by atoms with Gasteiger partial charge in [0.2, 0.25) is 0 Å². The Bertz CT molecular complexity index is 380. The van der Waals surface area contributed by atoms with Crippen molar-refractivity contribution in [2.24, 2.45) is 0 Å². The van der Waals surface area contributed by atoms with Crippen molar-refractivity contribution in [3.8, 4) is 0 Å². The van der Waals surface area contributed by atoms with Crippen LogP contribution in [-0.2, 0) is 0 Å². The Morgan fingerprint density at radius 3 is 2.60 bits per heavy atom. The molecule has 1 aliphatic carbocycles. The zero-order chi connectivity index (χ0) is 11.0. The molecule has 0 aromatic carbocycles. The van der Waals surface area contributed by atoms with Crippen molar-refractivity contribution in [2.45, 2.75) is 45.1 Å². The van der Waals surface area contributed by atoms with Crippen molar-refractivity contribution in [3.05, 3.63) is 11.4 Å². The molecule has 0 saturated heterocycles. The maximum Gasteiger partial charge on any atom is 0.356 e. The van der Waals surface area contributed by atoms with Gasteiger partial charge in [-0.15, -0.1) is 5.10 Å². The normalized spacial score (nSPS) is 16.7. The van der Waals surface area contributed by atoms with Crippen molar-refractivity contribution < 1.29 is 9.90 Å². The van der Waals surface area contributed by atoms with Crippen LogP contribution in [0.5, 0.6) is 0 Å². The molecular formula is C10H15N3O2. The van der Waals surface area contributed by atoms with Gasteiger partial charge in [0.1, 0.15) is 5.69 Å². The van der Waals surface area contributed by atoms with Crippen molar-refractivity contribution in [1.29, 1.82) is 0 Å². The van der Waals surface area contributed by atoms with Crippen LogP contribution in [0.4, 0.5) is 0 Å². The van der Waals surface area contributed by atoms with Crippen LogP contribution in [0.2, 0.25) is 0 Å². The highest BCUT2D eigenvalue weighted by atomic mass is 16.4. The van der Waals surface area contributed by atoms with E-state index in [0.29, 0.717) is 11.6 Å². The summed E-state index contributed by atoms with van der Waals surface area (Å²) in [5, 5.41) is 17.1. The fourth-order valence-electron chi connectivity index (χ4n) is 1.83. The zero-order valence-corrected chi connectivity index (χ0v) is 8.97. The molecule has 0 radical (unpaired) electrons. The second-order valence-corrected chi connectivity index (χ2v) is 4.29. The zero-order valence-electron chi connectivity index (χ0n) is 8.97. The number of aromatic carboxylic acids is 1. The molecule has 82 valence electrons. The molecule has 2 rings (SSSR count). The minimum atomic E-state index is -0.921. The summed E-state index contributed by atoms with van der Waals surface area (Å²) in [5.41, 5.74) is 0.942. The molecule has 5 heteroatoms. The van der Waals surface area contributed by atoms with E-state index in [1.54, 1.807) is 0 Å². The van der Waals surface area contributed by atoms with Crippen molar-refractivity contribution in [1.82, 2.24) is 15.0 Å². The minimum absolute atomic E-state index is 0.0393. The Labute approximate surface area is 88.1 Å². The van der Waals surface area contributed by atoms with Crippen LogP contribution in [0.25, 0.3) is 0 Å². The molecule has 1 aromatic rings. The van der Waals surface area contributed by atoms with Gasteiger partial charge in [0.25, 0.3) is 0 Å². The van der Waals surface area contributed by atoms with Gasteiger partial charge in [0.05, 0.1) is 0 Å². The molecule has 1 saturated carbocycles. The van der Waals surface area contributed by atoms with Crippen LogP contribution in [0, 0.1) is 0 Å². The first-order chi connectivity index (χ1) is 7.11. The number of carboxylic acid groups (broad SMARTS) is 1. The number of hydrogen-bond acceptors (Lipinski definition) is 3.